The van der Waals surface area contributed by atoms with Crippen LogP contribution >= 0.6 is 11.8 Å². The molecule has 0 aromatic carbocycles. The van der Waals surface area contributed by atoms with Crippen LogP contribution in [0.25, 0.3) is 0 Å². The molecule has 1 heterocycles. The molecule has 0 aliphatic heterocycles. The van der Waals surface area contributed by atoms with Gasteiger partial charge in [-0.3, -0.25) is 9.59 Å². The maximum atomic E-state index is 10.6. The number of thioether (sulfide) groups is 1. The monoisotopic (exact) mass is 233 g/mol. The predicted molar refractivity (Wildman–Crippen MR) is 64.3 cm³/mol. The Kier molecular flexibility index (Phi) is 5.30. The van der Waals surface area contributed by atoms with Crippen LogP contribution in [0.3, 0.4) is 0 Å². The van der Waals surface area contributed by atoms with Crippen molar-refractivity contribution in [1.29, 1.82) is 0 Å². The van der Waals surface area contributed by atoms with E-state index in [1.54, 1.807) is 18.3 Å². The number of carbonyl (C=O) groups excluding carboxylic acids is 2. The number of hydrogen-bond donors (Lipinski definition) is 0. The highest BCUT2D eigenvalue weighted by atomic mass is 32.2. The fourth-order valence-electron chi connectivity index (χ4n) is 0.987. The summed E-state index contributed by atoms with van der Waals surface area (Å²) in [5, 5.41) is 0.0999. The summed E-state index contributed by atoms with van der Waals surface area (Å²) in [5.74, 6) is 6.45. The molecule has 0 saturated carbocycles. The third-order valence-electron chi connectivity index (χ3n) is 1.67. The van der Waals surface area contributed by atoms with Crippen LogP contribution in [0.2, 0.25) is 0 Å². The van der Waals surface area contributed by atoms with Gasteiger partial charge in [-0.25, -0.2) is 4.98 Å². The number of hydrogen-bond acceptors (Lipinski definition) is 4. The van der Waals surface area contributed by atoms with E-state index in [0.717, 1.165) is 6.29 Å². The first-order valence-corrected chi connectivity index (χ1v) is 5.74. The molecule has 0 unspecified atom stereocenters. The highest BCUT2D eigenvalue weighted by Crippen LogP contribution is 2.02. The van der Waals surface area contributed by atoms with Gasteiger partial charge in [0.2, 0.25) is 0 Å². The molecular weight excluding hydrogens is 222 g/mol. The Bertz CT molecular complexity index is 446. The summed E-state index contributed by atoms with van der Waals surface area (Å²) in [6.07, 6.45) is 2.95. The Morgan fingerprint density at radius 1 is 1.62 bits per heavy atom. The highest BCUT2D eigenvalue weighted by molar-refractivity contribution is 8.13. The van der Waals surface area contributed by atoms with Crippen molar-refractivity contribution in [3.05, 3.63) is 29.6 Å². The molecule has 0 spiro atoms. The van der Waals surface area contributed by atoms with Gasteiger partial charge in [0.1, 0.15) is 12.0 Å². The number of aromatic nitrogens is 1. The second kappa shape index (κ2) is 6.81. The summed E-state index contributed by atoms with van der Waals surface area (Å²) in [6.45, 7) is 1.53. The fourth-order valence-corrected chi connectivity index (χ4v) is 1.48. The quantitative estimate of drug-likeness (QED) is 0.454. The molecule has 0 amide bonds. The average Bonchev–Trinajstić information content (AvgIpc) is 2.28. The third-order valence-corrected chi connectivity index (χ3v) is 2.48. The summed E-state index contributed by atoms with van der Waals surface area (Å²) < 4.78 is 0. The fraction of sp³-hybridized carbons (Fsp3) is 0.250. The van der Waals surface area contributed by atoms with Crippen molar-refractivity contribution >= 4 is 23.2 Å². The molecule has 1 rings (SSSR count). The van der Waals surface area contributed by atoms with Crippen LogP contribution in [0.4, 0.5) is 0 Å². The summed E-state index contributed by atoms with van der Waals surface area (Å²) in [7, 11) is 0. The molecule has 1 aromatic heterocycles. The number of pyridine rings is 1. The Hall–Kier alpha value is -1.60. The Morgan fingerprint density at radius 3 is 3.12 bits per heavy atom. The van der Waals surface area contributed by atoms with Gasteiger partial charge in [0.25, 0.3) is 0 Å². The SMILES string of the molecule is CC(=O)SCCC#Cc1cc(C=O)ccn1. The molecular formula is C12H11NO2S. The summed E-state index contributed by atoms with van der Waals surface area (Å²) in [6, 6.07) is 3.27. The molecule has 16 heavy (non-hydrogen) atoms. The molecule has 0 aliphatic carbocycles. The number of nitrogens with zero attached hydrogens (tertiary/aromatic N) is 1. The zero-order valence-electron chi connectivity index (χ0n) is 8.90. The normalized spacial score (nSPS) is 9.06. The van der Waals surface area contributed by atoms with Gasteiger partial charge in [-0.15, -0.1) is 0 Å². The minimum absolute atomic E-state index is 0.0999. The molecule has 0 aliphatic rings. The van der Waals surface area contributed by atoms with Crippen LogP contribution in [0, 0.1) is 11.8 Å². The second-order valence-corrected chi connectivity index (χ2v) is 4.26. The van der Waals surface area contributed by atoms with Crippen LogP contribution in [0.5, 0.6) is 0 Å². The Morgan fingerprint density at radius 2 is 2.44 bits per heavy atom. The van der Waals surface area contributed by atoms with Gasteiger partial charge < -0.3 is 0 Å². The van der Waals surface area contributed by atoms with E-state index < -0.39 is 0 Å². The molecule has 3 nitrogen and oxygen atoms in total. The number of carbonyl (C=O) groups is 2. The lowest BCUT2D eigenvalue weighted by Gasteiger charge is -1.91. The minimum Gasteiger partial charge on any atom is -0.298 e. The largest absolute Gasteiger partial charge is 0.298 e. The topological polar surface area (TPSA) is 47.0 Å². The van der Waals surface area contributed by atoms with Crippen LogP contribution < -0.4 is 0 Å². The second-order valence-electron chi connectivity index (χ2n) is 2.98. The third kappa shape index (κ3) is 4.76. The lowest BCUT2D eigenvalue weighted by molar-refractivity contribution is -0.109. The van der Waals surface area contributed by atoms with Gasteiger partial charge in [0.15, 0.2) is 5.12 Å². The van der Waals surface area contributed by atoms with Crippen molar-refractivity contribution in [3.8, 4) is 11.8 Å². The molecule has 0 atom stereocenters. The first kappa shape index (κ1) is 12.5. The van der Waals surface area contributed by atoms with E-state index in [4.69, 9.17) is 0 Å². The van der Waals surface area contributed by atoms with Crippen molar-refractivity contribution in [2.45, 2.75) is 13.3 Å². The maximum Gasteiger partial charge on any atom is 0.185 e. The van der Waals surface area contributed by atoms with E-state index in [1.807, 2.05) is 0 Å². The predicted octanol–water partition coefficient (Wildman–Crippen LogP) is 1.92. The van der Waals surface area contributed by atoms with Gasteiger partial charge in [0.05, 0.1) is 0 Å². The van der Waals surface area contributed by atoms with E-state index in [9.17, 15) is 9.59 Å². The van der Waals surface area contributed by atoms with Crippen LogP contribution in [-0.2, 0) is 4.79 Å². The van der Waals surface area contributed by atoms with Gasteiger partial charge in [0, 0.05) is 30.9 Å². The highest BCUT2D eigenvalue weighted by Gasteiger charge is 1.93. The molecule has 0 N–H and O–H groups in total. The van der Waals surface area contributed by atoms with Crippen molar-refractivity contribution in [1.82, 2.24) is 4.98 Å². The molecule has 0 radical (unpaired) electrons. The number of rotatable bonds is 3. The van der Waals surface area contributed by atoms with E-state index in [2.05, 4.69) is 16.8 Å². The van der Waals surface area contributed by atoms with Crippen molar-refractivity contribution in [3.63, 3.8) is 0 Å². The van der Waals surface area contributed by atoms with E-state index >= 15 is 0 Å². The maximum absolute atomic E-state index is 10.6. The number of aldehydes is 1. The lowest BCUT2D eigenvalue weighted by atomic mass is 10.2. The molecule has 0 saturated heterocycles. The Balaban J connectivity index is 2.49. The Labute approximate surface area is 98.7 Å². The van der Waals surface area contributed by atoms with Crippen molar-refractivity contribution < 1.29 is 9.59 Å². The van der Waals surface area contributed by atoms with Crippen molar-refractivity contribution in [2.75, 3.05) is 5.75 Å². The molecule has 1 aromatic rings. The lowest BCUT2D eigenvalue weighted by Crippen LogP contribution is -1.87. The van der Waals surface area contributed by atoms with Gasteiger partial charge in [-0.05, 0) is 18.1 Å². The van der Waals surface area contributed by atoms with Gasteiger partial charge in [-0.1, -0.05) is 17.7 Å². The van der Waals surface area contributed by atoms with E-state index in [0.29, 0.717) is 23.4 Å². The average molecular weight is 233 g/mol. The van der Waals surface area contributed by atoms with E-state index in [1.165, 1.54) is 18.7 Å². The van der Waals surface area contributed by atoms with Crippen LogP contribution in [-0.4, -0.2) is 22.1 Å². The van der Waals surface area contributed by atoms with Crippen LogP contribution in [0.1, 0.15) is 29.4 Å². The zero-order chi connectivity index (χ0) is 11.8. The first-order valence-electron chi connectivity index (χ1n) is 4.76. The smallest absolute Gasteiger partial charge is 0.185 e. The molecule has 0 fully saturated rings. The standard InChI is InChI=1S/C12H11NO2S/c1-10(15)16-7-3-2-4-12-8-11(9-14)5-6-13-12/h5-6,8-9H,3,7H2,1H3. The minimum atomic E-state index is 0.0999. The van der Waals surface area contributed by atoms with Gasteiger partial charge in [-0.2, -0.15) is 0 Å². The molecule has 4 heteroatoms. The zero-order valence-corrected chi connectivity index (χ0v) is 9.71. The van der Waals surface area contributed by atoms with Crippen LogP contribution in [0.15, 0.2) is 18.3 Å². The summed E-state index contributed by atoms with van der Waals surface area (Å²) in [5.41, 5.74) is 1.15. The summed E-state index contributed by atoms with van der Waals surface area (Å²) in [4.78, 5) is 25.1. The first-order chi connectivity index (χ1) is 7.72. The van der Waals surface area contributed by atoms with Crippen molar-refractivity contribution in [2.24, 2.45) is 0 Å². The molecule has 0 bridgehead atoms. The molecule has 82 valence electrons. The van der Waals surface area contributed by atoms with E-state index in [-0.39, 0.29) is 5.12 Å². The summed E-state index contributed by atoms with van der Waals surface area (Å²) >= 11 is 1.26. The van der Waals surface area contributed by atoms with Gasteiger partial charge >= 0.3 is 0 Å².